The molecular formula is C19H27N4O2+. The van der Waals surface area contributed by atoms with Gasteiger partial charge in [0.15, 0.2) is 6.54 Å². The molecule has 134 valence electrons. The molecule has 1 fully saturated rings. The Morgan fingerprint density at radius 3 is 2.68 bits per heavy atom. The average molecular weight is 343 g/mol. The van der Waals surface area contributed by atoms with E-state index in [0.717, 1.165) is 35.9 Å². The molecule has 0 spiro atoms. The van der Waals surface area contributed by atoms with Gasteiger partial charge in [-0.2, -0.15) is 5.10 Å². The van der Waals surface area contributed by atoms with Crippen molar-refractivity contribution in [1.29, 1.82) is 0 Å². The number of quaternary nitrogens is 1. The summed E-state index contributed by atoms with van der Waals surface area (Å²) in [5.74, 6) is 1.68. The number of benzene rings is 1. The molecule has 6 heteroatoms. The number of amides is 1. The van der Waals surface area contributed by atoms with E-state index in [1.807, 2.05) is 42.1 Å². The number of anilines is 1. The highest BCUT2D eigenvalue weighted by molar-refractivity contribution is 5.90. The van der Waals surface area contributed by atoms with Crippen LogP contribution in [0.1, 0.15) is 37.3 Å². The van der Waals surface area contributed by atoms with Crippen molar-refractivity contribution in [3.05, 3.63) is 42.1 Å². The lowest BCUT2D eigenvalue weighted by Gasteiger charge is -2.16. The number of hydrogen-bond acceptors (Lipinski definition) is 3. The van der Waals surface area contributed by atoms with Gasteiger partial charge in [-0.25, -0.2) is 4.68 Å². The summed E-state index contributed by atoms with van der Waals surface area (Å²) in [6.07, 6.45) is 6.54. The molecule has 25 heavy (non-hydrogen) atoms. The quantitative estimate of drug-likeness (QED) is 0.804. The van der Waals surface area contributed by atoms with Gasteiger partial charge in [-0.05, 0) is 37.1 Å². The van der Waals surface area contributed by atoms with E-state index >= 15 is 0 Å². The zero-order chi connectivity index (χ0) is 17.6. The summed E-state index contributed by atoms with van der Waals surface area (Å²) in [5.41, 5.74) is 1.18. The lowest BCUT2D eigenvalue weighted by Crippen LogP contribution is -3.08. The molecule has 3 rings (SSSR count). The summed E-state index contributed by atoms with van der Waals surface area (Å²) in [5, 5.41) is 7.42. The lowest BCUT2D eigenvalue weighted by atomic mass is 10.2. The van der Waals surface area contributed by atoms with Crippen LogP contribution in [0.2, 0.25) is 0 Å². The van der Waals surface area contributed by atoms with Crippen molar-refractivity contribution in [2.45, 2.75) is 38.3 Å². The fraction of sp³-hybridized carbons (Fsp3) is 0.474. The smallest absolute Gasteiger partial charge is 0.280 e. The summed E-state index contributed by atoms with van der Waals surface area (Å²) in [6, 6.07) is 10.3. The van der Waals surface area contributed by atoms with Gasteiger partial charge in [0.2, 0.25) is 0 Å². The molecule has 1 atom stereocenters. The minimum Gasteiger partial charge on any atom is -0.497 e. The number of nitrogens with zero attached hydrogens (tertiary/aromatic N) is 2. The molecule has 1 aromatic heterocycles. The maximum absolute atomic E-state index is 12.4. The first-order valence-electron chi connectivity index (χ1n) is 8.93. The molecule has 0 aliphatic heterocycles. The number of carbonyl (C=O) groups is 1. The van der Waals surface area contributed by atoms with Crippen LogP contribution < -0.4 is 15.0 Å². The fourth-order valence-corrected chi connectivity index (χ4v) is 3.47. The van der Waals surface area contributed by atoms with Crippen LogP contribution in [0.15, 0.2) is 36.5 Å². The third-order valence-corrected chi connectivity index (χ3v) is 4.74. The largest absolute Gasteiger partial charge is 0.497 e. The molecule has 1 unspecified atom stereocenters. The second-order valence-corrected chi connectivity index (χ2v) is 6.81. The van der Waals surface area contributed by atoms with E-state index in [2.05, 4.69) is 10.4 Å². The molecule has 1 aliphatic carbocycles. The third-order valence-electron chi connectivity index (χ3n) is 4.74. The van der Waals surface area contributed by atoms with E-state index in [0.29, 0.717) is 12.6 Å². The first kappa shape index (κ1) is 17.5. The van der Waals surface area contributed by atoms with Crippen LogP contribution in [-0.4, -0.2) is 36.4 Å². The van der Waals surface area contributed by atoms with Gasteiger partial charge >= 0.3 is 0 Å². The van der Waals surface area contributed by atoms with E-state index in [1.54, 1.807) is 13.3 Å². The Labute approximate surface area is 148 Å². The maximum atomic E-state index is 12.4. The second kappa shape index (κ2) is 8.16. The summed E-state index contributed by atoms with van der Waals surface area (Å²) in [7, 11) is 3.69. The van der Waals surface area contributed by atoms with Gasteiger partial charge in [-0.1, -0.05) is 12.8 Å². The maximum Gasteiger partial charge on any atom is 0.280 e. The monoisotopic (exact) mass is 343 g/mol. The van der Waals surface area contributed by atoms with Gasteiger partial charge in [0.05, 0.1) is 26.4 Å². The van der Waals surface area contributed by atoms with E-state index < -0.39 is 0 Å². The second-order valence-electron chi connectivity index (χ2n) is 6.81. The van der Waals surface area contributed by atoms with Gasteiger partial charge in [0.1, 0.15) is 18.1 Å². The Morgan fingerprint density at radius 1 is 1.28 bits per heavy atom. The van der Waals surface area contributed by atoms with Gasteiger partial charge in [0, 0.05) is 11.6 Å². The number of aromatic nitrogens is 2. The van der Waals surface area contributed by atoms with Crippen molar-refractivity contribution < 1.29 is 14.4 Å². The van der Waals surface area contributed by atoms with Crippen LogP contribution in [-0.2, 0) is 11.3 Å². The summed E-state index contributed by atoms with van der Waals surface area (Å²) in [4.78, 5) is 13.5. The molecule has 1 heterocycles. The number of carbonyl (C=O) groups excluding carboxylic acids is 1. The van der Waals surface area contributed by atoms with Crippen molar-refractivity contribution in [3.63, 3.8) is 0 Å². The Hall–Kier alpha value is -2.34. The van der Waals surface area contributed by atoms with E-state index in [9.17, 15) is 4.79 Å². The van der Waals surface area contributed by atoms with E-state index in [4.69, 9.17) is 4.74 Å². The Balaban J connectivity index is 1.52. The Bertz CT molecular complexity index is 690. The van der Waals surface area contributed by atoms with Gasteiger partial charge in [-0.3, -0.25) is 4.79 Å². The number of rotatable bonds is 7. The van der Waals surface area contributed by atoms with Crippen LogP contribution in [0.3, 0.4) is 0 Å². The molecule has 0 saturated heterocycles. The predicted octanol–water partition coefficient (Wildman–Crippen LogP) is 1.66. The van der Waals surface area contributed by atoms with Crippen LogP contribution >= 0.6 is 0 Å². The average Bonchev–Trinajstić information content (AvgIpc) is 3.26. The molecule has 1 saturated carbocycles. The molecule has 2 aromatic rings. The summed E-state index contributed by atoms with van der Waals surface area (Å²) in [6.45, 7) is 1.21. The van der Waals surface area contributed by atoms with Crippen molar-refractivity contribution in [3.8, 4) is 5.75 Å². The van der Waals surface area contributed by atoms with Crippen molar-refractivity contribution in [2.24, 2.45) is 0 Å². The lowest BCUT2D eigenvalue weighted by molar-refractivity contribution is -0.885. The highest BCUT2D eigenvalue weighted by Gasteiger charge is 2.21. The molecule has 6 nitrogen and oxygen atoms in total. The highest BCUT2D eigenvalue weighted by Crippen LogP contribution is 2.31. The van der Waals surface area contributed by atoms with Crippen LogP contribution in [0.25, 0.3) is 0 Å². The van der Waals surface area contributed by atoms with E-state index in [-0.39, 0.29) is 5.91 Å². The zero-order valence-corrected chi connectivity index (χ0v) is 15.0. The molecule has 1 aromatic carbocycles. The van der Waals surface area contributed by atoms with Gasteiger partial charge < -0.3 is 15.0 Å². The SMILES string of the molecule is COc1ccc(C[NH+](C)CC(=O)Nc2ccnn2C2CCCC2)cc1. The zero-order valence-electron chi connectivity index (χ0n) is 15.0. The number of likely N-dealkylation sites (N-methyl/N-ethyl adjacent to an activating group) is 1. The minimum absolute atomic E-state index is 0.0192. The predicted molar refractivity (Wildman–Crippen MR) is 96.8 cm³/mol. The summed E-state index contributed by atoms with van der Waals surface area (Å²) >= 11 is 0. The van der Waals surface area contributed by atoms with Crippen LogP contribution in [0.4, 0.5) is 5.82 Å². The highest BCUT2D eigenvalue weighted by atomic mass is 16.5. The normalized spacial score (nSPS) is 15.9. The van der Waals surface area contributed by atoms with Crippen molar-refractivity contribution in [1.82, 2.24) is 9.78 Å². The molecule has 2 N–H and O–H groups in total. The molecule has 1 amide bonds. The topological polar surface area (TPSA) is 60.6 Å². The molecule has 0 bridgehead atoms. The first-order valence-corrected chi connectivity index (χ1v) is 8.93. The first-order chi connectivity index (χ1) is 12.2. The standard InChI is InChI=1S/C19H26N4O2/c1-22(13-15-7-9-17(25-2)10-8-15)14-19(24)21-18-11-12-20-23(18)16-5-3-4-6-16/h7-12,16H,3-6,13-14H2,1-2H3,(H,21,24)/p+1. The van der Waals surface area contributed by atoms with Gasteiger partial charge in [-0.15, -0.1) is 0 Å². The van der Waals surface area contributed by atoms with E-state index in [1.165, 1.54) is 18.4 Å². The molecule has 0 radical (unpaired) electrons. The fourth-order valence-electron chi connectivity index (χ4n) is 3.47. The number of hydrogen-bond donors (Lipinski definition) is 2. The third kappa shape index (κ3) is 4.60. The number of methoxy groups -OCH3 is 1. The Morgan fingerprint density at radius 2 is 2.00 bits per heavy atom. The van der Waals surface area contributed by atoms with Crippen LogP contribution in [0.5, 0.6) is 5.75 Å². The van der Waals surface area contributed by atoms with Crippen molar-refractivity contribution in [2.75, 3.05) is 26.0 Å². The molecular weight excluding hydrogens is 316 g/mol. The molecule has 1 aliphatic rings. The van der Waals surface area contributed by atoms with Crippen LogP contribution in [0, 0.1) is 0 Å². The Kier molecular flexibility index (Phi) is 5.71. The summed E-state index contributed by atoms with van der Waals surface area (Å²) < 4.78 is 7.15. The van der Waals surface area contributed by atoms with Gasteiger partial charge in [0.25, 0.3) is 5.91 Å². The minimum atomic E-state index is 0.0192. The number of nitrogens with one attached hydrogen (secondary N) is 2. The number of ether oxygens (including phenoxy) is 1. The van der Waals surface area contributed by atoms with Crippen molar-refractivity contribution >= 4 is 11.7 Å².